The van der Waals surface area contributed by atoms with Crippen LogP contribution in [-0.2, 0) is 30.8 Å². The molecule has 8 nitrogen and oxygen atoms in total. The summed E-state index contributed by atoms with van der Waals surface area (Å²) in [6, 6.07) is 13.0. The quantitative estimate of drug-likeness (QED) is 0.0959. The van der Waals surface area contributed by atoms with Crippen molar-refractivity contribution in [3.63, 3.8) is 0 Å². The van der Waals surface area contributed by atoms with Crippen LogP contribution in [0.1, 0.15) is 102 Å². The fourth-order valence-electron chi connectivity index (χ4n) is 7.06. The first-order valence-electron chi connectivity index (χ1n) is 19.0. The van der Waals surface area contributed by atoms with Gasteiger partial charge in [-0.05, 0) is 93.5 Å². The van der Waals surface area contributed by atoms with E-state index in [9.17, 15) is 14.4 Å². The molecule has 2 N–H and O–H groups in total. The fourth-order valence-corrected chi connectivity index (χ4v) is 7.06. The Hall–Kier alpha value is -3.97. The van der Waals surface area contributed by atoms with Gasteiger partial charge in [-0.1, -0.05) is 64.0 Å². The van der Waals surface area contributed by atoms with Crippen molar-refractivity contribution < 1.29 is 18.7 Å². The number of nitriles is 1. The van der Waals surface area contributed by atoms with E-state index < -0.39 is 12.1 Å². The first-order valence-corrected chi connectivity index (χ1v) is 19.0. The molecule has 53 heavy (non-hydrogen) atoms. The van der Waals surface area contributed by atoms with Gasteiger partial charge in [0.1, 0.15) is 11.5 Å². The molecule has 1 saturated carbocycles. The largest absolute Gasteiger partial charge is 0.496 e. The highest BCUT2D eigenvalue weighted by molar-refractivity contribution is 5.81. The van der Waals surface area contributed by atoms with E-state index in [1.54, 1.807) is 26.5 Å². The van der Waals surface area contributed by atoms with Gasteiger partial charge < -0.3 is 20.1 Å². The van der Waals surface area contributed by atoms with Crippen molar-refractivity contribution in [2.24, 2.45) is 5.41 Å². The van der Waals surface area contributed by atoms with Crippen molar-refractivity contribution in [1.29, 1.82) is 5.26 Å². The van der Waals surface area contributed by atoms with Gasteiger partial charge in [-0.15, -0.1) is 0 Å². The third-order valence-electron chi connectivity index (χ3n) is 10.2. The van der Waals surface area contributed by atoms with Gasteiger partial charge in [0.15, 0.2) is 0 Å². The molecule has 1 aliphatic heterocycles. The average molecular weight is 730 g/mol. The number of amides is 1. The summed E-state index contributed by atoms with van der Waals surface area (Å²) < 4.78 is 25.5. The van der Waals surface area contributed by atoms with Crippen LogP contribution in [0.15, 0.2) is 59.3 Å². The minimum atomic E-state index is -0.647. The highest BCUT2D eigenvalue weighted by Gasteiger charge is 2.51. The summed E-state index contributed by atoms with van der Waals surface area (Å²) in [5, 5.41) is 15.9. The van der Waals surface area contributed by atoms with E-state index in [-0.39, 0.29) is 5.54 Å². The number of nitrogens with zero attached hydrogens (tertiary/aromatic N) is 3. The number of allylic oxidation sites excluding steroid dienone is 5. The molecule has 4 rings (SSSR count). The molecule has 2 aromatic carbocycles. The van der Waals surface area contributed by atoms with Gasteiger partial charge in [-0.2, -0.15) is 5.26 Å². The summed E-state index contributed by atoms with van der Waals surface area (Å²) in [5.41, 5.74) is 9.02. The standard InChI is InChI=1S/C41H56FN5O3.C3H8/c1-29(2)30(3)36(23-45-28-48)34-18-38(49-7)37(39(19-34)50-8)25-46-16-17-47(41(27-46)14-15-41)24-33-11-9-10-32(22-44-6)35(33)13-12-31(21-43)20-40(4,5)26-42;1-3-2/h9-11,18-20,23,28,44H,12-17,22,24-27H2,1-8H3,(H,45,48);3H2,1-2H3/b31-20-,36-23+;. The topological polar surface area (TPSA) is 89.9 Å². The van der Waals surface area contributed by atoms with Crippen LogP contribution in [0.4, 0.5) is 4.39 Å². The lowest BCUT2D eigenvalue weighted by Gasteiger charge is -2.43. The third-order valence-corrected chi connectivity index (χ3v) is 10.2. The van der Waals surface area contributed by atoms with Crippen LogP contribution in [0.5, 0.6) is 11.5 Å². The molecule has 1 amide bonds. The Labute approximate surface area is 319 Å². The minimum absolute atomic E-state index is 0.120. The van der Waals surface area contributed by atoms with E-state index >= 15 is 0 Å². The lowest BCUT2D eigenvalue weighted by Crippen LogP contribution is -2.54. The number of piperazine rings is 1. The van der Waals surface area contributed by atoms with E-state index in [1.807, 2.05) is 40.0 Å². The second kappa shape index (κ2) is 20.5. The molecule has 2 aromatic rings. The number of alkyl halides is 1. The number of methoxy groups -OCH3 is 2. The zero-order chi connectivity index (χ0) is 39.2. The molecule has 0 aromatic heterocycles. The van der Waals surface area contributed by atoms with Gasteiger partial charge in [0.05, 0.1) is 32.5 Å². The lowest BCUT2D eigenvalue weighted by molar-refractivity contribution is -0.108. The van der Waals surface area contributed by atoms with Crippen LogP contribution in [0.2, 0.25) is 0 Å². The summed E-state index contributed by atoms with van der Waals surface area (Å²) in [5.74, 6) is 1.52. The Morgan fingerprint density at radius 2 is 1.68 bits per heavy atom. The molecular weight excluding hydrogens is 666 g/mol. The first kappa shape index (κ1) is 43.4. The molecule has 2 aliphatic rings. The average Bonchev–Trinajstić information content (AvgIpc) is 3.91. The molecule has 1 aliphatic carbocycles. The number of carbonyl (C=O) groups excluding carboxylic acids is 1. The van der Waals surface area contributed by atoms with Crippen molar-refractivity contribution in [3.8, 4) is 17.6 Å². The number of nitrogens with one attached hydrogen (secondary N) is 2. The maximum Gasteiger partial charge on any atom is 0.211 e. The van der Waals surface area contributed by atoms with E-state index in [0.29, 0.717) is 24.9 Å². The highest BCUT2D eigenvalue weighted by atomic mass is 19.1. The minimum Gasteiger partial charge on any atom is -0.496 e. The second-order valence-electron chi connectivity index (χ2n) is 15.4. The summed E-state index contributed by atoms with van der Waals surface area (Å²) in [4.78, 5) is 16.3. The summed E-state index contributed by atoms with van der Waals surface area (Å²) in [7, 11) is 5.35. The number of benzene rings is 2. The molecule has 0 atom stereocenters. The van der Waals surface area contributed by atoms with Crippen LogP contribution in [0.3, 0.4) is 0 Å². The summed E-state index contributed by atoms with van der Waals surface area (Å²) in [6.45, 7) is 18.7. The van der Waals surface area contributed by atoms with Crippen LogP contribution in [0.25, 0.3) is 5.57 Å². The van der Waals surface area contributed by atoms with Gasteiger partial charge >= 0.3 is 0 Å². The Morgan fingerprint density at radius 3 is 2.21 bits per heavy atom. The maximum atomic E-state index is 13.6. The van der Waals surface area contributed by atoms with Crippen molar-refractivity contribution in [2.75, 3.05) is 47.6 Å². The van der Waals surface area contributed by atoms with Crippen LogP contribution >= 0.6 is 0 Å². The van der Waals surface area contributed by atoms with Crippen molar-refractivity contribution >= 4 is 12.0 Å². The normalized spacial score (nSPS) is 16.0. The van der Waals surface area contributed by atoms with E-state index in [2.05, 4.69) is 72.4 Å². The van der Waals surface area contributed by atoms with E-state index in [0.717, 1.165) is 91.3 Å². The predicted molar refractivity (Wildman–Crippen MR) is 215 cm³/mol. The third kappa shape index (κ3) is 11.8. The second-order valence-corrected chi connectivity index (χ2v) is 15.4. The predicted octanol–water partition coefficient (Wildman–Crippen LogP) is 8.51. The van der Waals surface area contributed by atoms with Gasteiger partial charge in [0, 0.05) is 67.6 Å². The molecule has 0 radical (unpaired) electrons. The van der Waals surface area contributed by atoms with Crippen LogP contribution in [-0.4, -0.2) is 69.3 Å². The Balaban J connectivity index is 0.00000243. The summed E-state index contributed by atoms with van der Waals surface area (Å²) >= 11 is 0. The van der Waals surface area contributed by atoms with Crippen LogP contribution in [0, 0.1) is 16.7 Å². The van der Waals surface area contributed by atoms with E-state index in [4.69, 9.17) is 9.47 Å². The van der Waals surface area contributed by atoms with Crippen molar-refractivity contribution in [3.05, 3.63) is 87.1 Å². The molecule has 2 fully saturated rings. The van der Waals surface area contributed by atoms with Gasteiger partial charge in [0.25, 0.3) is 0 Å². The fraction of sp³-hybridized carbons (Fsp3) is 0.545. The number of carbonyl (C=O) groups is 1. The molecule has 0 unspecified atom stereocenters. The molecule has 1 saturated heterocycles. The zero-order valence-corrected chi connectivity index (χ0v) is 34.0. The zero-order valence-electron chi connectivity index (χ0n) is 34.0. The number of hydrogen-bond acceptors (Lipinski definition) is 7. The molecule has 290 valence electrons. The SMILES string of the molecule is CCC.CNCc1cccc(CN2CCN(Cc3c(OC)cc(/C(=C/NC=O)C(C)=C(C)C)cc3OC)CC23CC3)c1CC/C(C#N)=C/C(C)(C)CF. The smallest absolute Gasteiger partial charge is 0.211 e. The molecule has 1 spiro atoms. The number of halogens is 1. The van der Waals surface area contributed by atoms with Crippen molar-refractivity contribution in [1.82, 2.24) is 20.4 Å². The van der Waals surface area contributed by atoms with Crippen LogP contribution < -0.4 is 20.1 Å². The van der Waals surface area contributed by atoms with Gasteiger partial charge in [0.2, 0.25) is 6.41 Å². The molecular formula is C44H64FN5O3. The highest BCUT2D eigenvalue weighted by Crippen LogP contribution is 2.46. The number of hydrogen-bond donors (Lipinski definition) is 2. The van der Waals surface area contributed by atoms with E-state index in [1.165, 1.54) is 23.1 Å². The molecule has 1 heterocycles. The van der Waals surface area contributed by atoms with Gasteiger partial charge in [-0.25, -0.2) is 0 Å². The summed E-state index contributed by atoms with van der Waals surface area (Å²) in [6.07, 6.45) is 9.10. The monoisotopic (exact) mass is 729 g/mol. The molecule has 9 heteroatoms. The number of ether oxygens (including phenoxy) is 2. The maximum absolute atomic E-state index is 13.6. The van der Waals surface area contributed by atoms with Gasteiger partial charge in [-0.3, -0.25) is 19.0 Å². The number of rotatable bonds is 17. The Kier molecular flexibility index (Phi) is 16.8. The lowest BCUT2D eigenvalue weighted by atomic mass is 9.89. The van der Waals surface area contributed by atoms with Crippen molar-refractivity contribution in [2.45, 2.75) is 106 Å². The Morgan fingerprint density at radius 1 is 1.04 bits per heavy atom. The first-order chi connectivity index (χ1) is 25.4. The molecule has 0 bridgehead atoms. The Bertz CT molecular complexity index is 1640.